The monoisotopic (exact) mass is 340 g/mol. The molecule has 0 amide bonds. The largest absolute Gasteiger partial charge is 0.395 e. The minimum Gasteiger partial charge on any atom is -0.395 e. The summed E-state index contributed by atoms with van der Waals surface area (Å²) >= 11 is 3.68. The van der Waals surface area contributed by atoms with Crippen molar-refractivity contribution in [3.63, 3.8) is 0 Å². The Kier molecular flexibility index (Phi) is 6.33. The summed E-state index contributed by atoms with van der Waals surface area (Å²) in [7, 11) is 0. The minimum absolute atomic E-state index is 0.216. The molecule has 0 spiro atoms. The predicted octanol–water partition coefficient (Wildman–Crippen LogP) is 3.30. The molecule has 0 heterocycles. The van der Waals surface area contributed by atoms with Gasteiger partial charge in [-0.05, 0) is 37.1 Å². The van der Waals surface area contributed by atoms with Gasteiger partial charge in [-0.1, -0.05) is 41.8 Å². The Labute approximate surface area is 130 Å². The lowest BCUT2D eigenvalue weighted by molar-refractivity contribution is 0.297. The lowest BCUT2D eigenvalue weighted by Gasteiger charge is -2.31. The third-order valence-electron chi connectivity index (χ3n) is 4.04. The van der Waals surface area contributed by atoms with Crippen LogP contribution in [0.1, 0.15) is 38.2 Å². The molecule has 0 unspecified atom stereocenters. The van der Waals surface area contributed by atoms with Crippen LogP contribution in [0.3, 0.4) is 0 Å². The summed E-state index contributed by atoms with van der Waals surface area (Å²) in [6, 6.07) is 7.15. The molecule has 2 N–H and O–H groups in total. The molecule has 0 saturated heterocycles. The van der Waals surface area contributed by atoms with Gasteiger partial charge in [0.1, 0.15) is 0 Å². The smallest absolute Gasteiger partial charge is 0.0606 e. The molecule has 0 radical (unpaired) electrons. The van der Waals surface area contributed by atoms with E-state index in [2.05, 4.69) is 51.3 Å². The van der Waals surface area contributed by atoms with Gasteiger partial charge in [-0.15, -0.1) is 0 Å². The van der Waals surface area contributed by atoms with E-state index in [4.69, 9.17) is 0 Å². The Bertz CT molecular complexity index is 419. The van der Waals surface area contributed by atoms with E-state index in [9.17, 15) is 5.11 Å². The number of benzene rings is 1. The molecule has 1 aliphatic carbocycles. The summed E-state index contributed by atoms with van der Waals surface area (Å²) < 4.78 is 1.15. The molecule has 112 valence electrons. The fourth-order valence-corrected chi connectivity index (χ4v) is 3.47. The molecule has 1 aliphatic rings. The molecular formula is C16H25BrN2O. The predicted molar refractivity (Wildman–Crippen MR) is 88.2 cm³/mol. The van der Waals surface area contributed by atoms with Crippen molar-refractivity contribution in [2.24, 2.45) is 0 Å². The Balaban J connectivity index is 2.14. The first kappa shape index (κ1) is 15.8. The fourth-order valence-electron chi connectivity index (χ4n) is 2.96. The van der Waals surface area contributed by atoms with Crippen LogP contribution in [0.15, 0.2) is 22.7 Å². The normalized spacial score (nSPS) is 15.8. The van der Waals surface area contributed by atoms with E-state index in [1.807, 2.05) is 0 Å². The maximum atomic E-state index is 9.33. The molecule has 3 nitrogen and oxygen atoms in total. The molecule has 1 aromatic carbocycles. The summed E-state index contributed by atoms with van der Waals surface area (Å²) in [6.45, 7) is 4.93. The number of nitrogens with one attached hydrogen (secondary N) is 1. The number of anilines is 1. The molecular weight excluding hydrogens is 316 g/mol. The first-order valence-electron chi connectivity index (χ1n) is 7.63. The van der Waals surface area contributed by atoms with Gasteiger partial charge < -0.3 is 15.3 Å². The van der Waals surface area contributed by atoms with Crippen molar-refractivity contribution in [2.75, 3.05) is 24.6 Å². The van der Waals surface area contributed by atoms with Crippen molar-refractivity contribution in [2.45, 2.75) is 45.2 Å². The molecule has 0 aliphatic heterocycles. The van der Waals surface area contributed by atoms with Crippen LogP contribution in [-0.2, 0) is 6.54 Å². The number of aliphatic hydroxyl groups is 1. The van der Waals surface area contributed by atoms with E-state index in [1.165, 1.54) is 36.9 Å². The van der Waals surface area contributed by atoms with Crippen LogP contribution in [-0.4, -0.2) is 30.8 Å². The lowest BCUT2D eigenvalue weighted by atomic mass is 10.1. The van der Waals surface area contributed by atoms with Crippen LogP contribution < -0.4 is 10.2 Å². The first-order valence-corrected chi connectivity index (χ1v) is 8.42. The van der Waals surface area contributed by atoms with Gasteiger partial charge in [-0.2, -0.15) is 0 Å². The van der Waals surface area contributed by atoms with Crippen LogP contribution in [0, 0.1) is 0 Å². The zero-order valence-corrected chi connectivity index (χ0v) is 13.8. The Morgan fingerprint density at radius 1 is 1.35 bits per heavy atom. The zero-order chi connectivity index (χ0) is 14.4. The topological polar surface area (TPSA) is 35.5 Å². The summed E-state index contributed by atoms with van der Waals surface area (Å²) in [5.41, 5.74) is 2.50. The summed E-state index contributed by atoms with van der Waals surface area (Å²) in [6.07, 6.45) is 5.12. The molecule has 1 fully saturated rings. The highest BCUT2D eigenvalue weighted by atomic mass is 79.9. The van der Waals surface area contributed by atoms with Crippen LogP contribution >= 0.6 is 15.9 Å². The molecule has 20 heavy (non-hydrogen) atoms. The molecule has 4 heteroatoms. The summed E-state index contributed by atoms with van der Waals surface area (Å²) in [5.74, 6) is 0. The highest BCUT2D eigenvalue weighted by Gasteiger charge is 2.22. The highest BCUT2D eigenvalue weighted by Crippen LogP contribution is 2.30. The maximum Gasteiger partial charge on any atom is 0.0606 e. The number of hydrogen-bond acceptors (Lipinski definition) is 3. The molecule has 1 aromatic rings. The van der Waals surface area contributed by atoms with E-state index in [0.29, 0.717) is 6.04 Å². The van der Waals surface area contributed by atoms with Crippen molar-refractivity contribution in [3.8, 4) is 0 Å². The maximum absolute atomic E-state index is 9.33. The molecule has 1 saturated carbocycles. The average Bonchev–Trinajstić information content (AvgIpc) is 2.97. The summed E-state index contributed by atoms with van der Waals surface area (Å²) in [4.78, 5) is 2.37. The van der Waals surface area contributed by atoms with Gasteiger partial charge in [0.2, 0.25) is 0 Å². The van der Waals surface area contributed by atoms with Crippen molar-refractivity contribution >= 4 is 21.6 Å². The van der Waals surface area contributed by atoms with Crippen LogP contribution in [0.25, 0.3) is 0 Å². The van der Waals surface area contributed by atoms with Gasteiger partial charge in [0.05, 0.1) is 6.61 Å². The van der Waals surface area contributed by atoms with Gasteiger partial charge in [0, 0.05) is 29.3 Å². The van der Waals surface area contributed by atoms with E-state index in [1.54, 1.807) is 0 Å². The molecule has 0 bridgehead atoms. The third-order valence-corrected chi connectivity index (χ3v) is 4.78. The van der Waals surface area contributed by atoms with E-state index in [-0.39, 0.29) is 6.61 Å². The molecule has 0 aromatic heterocycles. The van der Waals surface area contributed by atoms with Crippen LogP contribution in [0.4, 0.5) is 5.69 Å². The van der Waals surface area contributed by atoms with Crippen molar-refractivity contribution < 1.29 is 5.11 Å². The molecule has 0 atom stereocenters. The number of hydrogen-bond donors (Lipinski definition) is 2. The third kappa shape index (κ3) is 3.96. The second-order valence-electron chi connectivity index (χ2n) is 5.41. The zero-order valence-electron chi connectivity index (χ0n) is 12.2. The fraction of sp³-hybridized carbons (Fsp3) is 0.625. The standard InChI is InChI=1S/C16H25BrN2O/c1-2-18-12-13-7-8-15(11-16(13)17)19(9-10-20)14-5-3-4-6-14/h7-8,11,14,18,20H,2-6,9-10,12H2,1H3. The van der Waals surface area contributed by atoms with Gasteiger partial charge in [-0.3, -0.25) is 0 Å². The Hall–Kier alpha value is -0.580. The Morgan fingerprint density at radius 3 is 2.70 bits per heavy atom. The number of nitrogens with zero attached hydrogens (tertiary/aromatic N) is 1. The Morgan fingerprint density at radius 2 is 2.10 bits per heavy atom. The highest BCUT2D eigenvalue weighted by molar-refractivity contribution is 9.10. The van der Waals surface area contributed by atoms with Crippen molar-refractivity contribution in [1.29, 1.82) is 0 Å². The lowest BCUT2D eigenvalue weighted by Crippen LogP contribution is -2.35. The number of rotatable bonds is 7. The average molecular weight is 341 g/mol. The van der Waals surface area contributed by atoms with Crippen LogP contribution in [0.2, 0.25) is 0 Å². The van der Waals surface area contributed by atoms with E-state index >= 15 is 0 Å². The van der Waals surface area contributed by atoms with Gasteiger partial charge in [-0.25, -0.2) is 0 Å². The van der Waals surface area contributed by atoms with Gasteiger partial charge >= 0.3 is 0 Å². The number of halogens is 1. The van der Waals surface area contributed by atoms with Crippen LogP contribution in [0.5, 0.6) is 0 Å². The van der Waals surface area contributed by atoms with E-state index in [0.717, 1.165) is 24.1 Å². The second-order valence-corrected chi connectivity index (χ2v) is 6.27. The first-order chi connectivity index (χ1) is 9.76. The quantitative estimate of drug-likeness (QED) is 0.799. The SMILES string of the molecule is CCNCc1ccc(N(CCO)C2CCCC2)cc1Br. The minimum atomic E-state index is 0.216. The second kappa shape index (κ2) is 8.01. The van der Waals surface area contributed by atoms with Crippen molar-refractivity contribution in [1.82, 2.24) is 5.32 Å². The van der Waals surface area contributed by atoms with Crippen molar-refractivity contribution in [3.05, 3.63) is 28.2 Å². The van der Waals surface area contributed by atoms with Gasteiger partial charge in [0.15, 0.2) is 0 Å². The molecule has 2 rings (SSSR count). The van der Waals surface area contributed by atoms with E-state index < -0.39 is 0 Å². The van der Waals surface area contributed by atoms with Gasteiger partial charge in [0.25, 0.3) is 0 Å². The number of aliphatic hydroxyl groups excluding tert-OH is 1. The summed E-state index contributed by atoms with van der Waals surface area (Å²) in [5, 5.41) is 12.7.